The fourth-order valence-corrected chi connectivity index (χ4v) is 4.47. The number of hydrogen-bond donors (Lipinski definition) is 2. The number of aryl methyl sites for hydroxylation is 1. The highest BCUT2D eigenvalue weighted by Gasteiger charge is 2.33. The first-order valence-corrected chi connectivity index (χ1v) is 9.80. The number of carboxylic acid groups (broad SMARTS) is 1. The van der Waals surface area contributed by atoms with Gasteiger partial charge in [-0.25, -0.2) is 0 Å². The van der Waals surface area contributed by atoms with Crippen LogP contribution in [0.4, 0.5) is 0 Å². The van der Waals surface area contributed by atoms with Gasteiger partial charge in [-0.3, -0.25) is 4.79 Å². The summed E-state index contributed by atoms with van der Waals surface area (Å²) >= 11 is 0. The van der Waals surface area contributed by atoms with E-state index in [9.17, 15) is 4.79 Å². The van der Waals surface area contributed by atoms with Crippen LogP contribution in [0, 0.1) is 5.92 Å². The van der Waals surface area contributed by atoms with Crippen LogP contribution in [-0.4, -0.2) is 48.7 Å². The second kappa shape index (κ2) is 8.33. The third-order valence-electron chi connectivity index (χ3n) is 6.25. The van der Waals surface area contributed by atoms with Gasteiger partial charge in [-0.2, -0.15) is 0 Å². The Hall–Kier alpha value is -1.39. The molecule has 4 heteroatoms. The fourth-order valence-electron chi connectivity index (χ4n) is 4.47. The third kappa shape index (κ3) is 4.83. The van der Waals surface area contributed by atoms with Crippen LogP contribution in [0.2, 0.25) is 0 Å². The van der Waals surface area contributed by atoms with Gasteiger partial charge < -0.3 is 15.3 Å². The van der Waals surface area contributed by atoms with Crippen molar-refractivity contribution in [3.05, 3.63) is 35.4 Å². The SMILES string of the molecule is CC1(CCNCC2CCN(CCC(=O)O)CC2)CCc2ccccc21. The average Bonchev–Trinajstić information content (AvgIpc) is 2.96. The predicted molar refractivity (Wildman–Crippen MR) is 101 cm³/mol. The molecule has 1 aromatic carbocycles. The Bertz CT molecular complexity index is 581. The molecule has 0 bridgehead atoms. The van der Waals surface area contributed by atoms with Crippen LogP contribution in [0.1, 0.15) is 50.2 Å². The number of likely N-dealkylation sites (tertiary alicyclic amines) is 1. The van der Waals surface area contributed by atoms with Crippen molar-refractivity contribution in [2.45, 2.75) is 50.9 Å². The number of rotatable bonds is 8. The molecule has 25 heavy (non-hydrogen) atoms. The molecule has 0 radical (unpaired) electrons. The van der Waals surface area contributed by atoms with Crippen LogP contribution in [0.3, 0.4) is 0 Å². The molecule has 0 spiro atoms. The van der Waals surface area contributed by atoms with E-state index in [1.807, 2.05) is 0 Å². The van der Waals surface area contributed by atoms with Crippen LogP contribution in [0.15, 0.2) is 24.3 Å². The molecule has 1 aliphatic heterocycles. The maximum Gasteiger partial charge on any atom is 0.304 e. The van der Waals surface area contributed by atoms with Gasteiger partial charge in [0.05, 0.1) is 6.42 Å². The smallest absolute Gasteiger partial charge is 0.304 e. The lowest BCUT2D eigenvalue weighted by Gasteiger charge is -2.32. The molecule has 0 saturated carbocycles. The van der Waals surface area contributed by atoms with Gasteiger partial charge in [0.2, 0.25) is 0 Å². The van der Waals surface area contributed by atoms with Crippen LogP contribution in [0.25, 0.3) is 0 Å². The highest BCUT2D eigenvalue weighted by atomic mass is 16.4. The van der Waals surface area contributed by atoms with Crippen molar-refractivity contribution >= 4 is 5.97 Å². The molecule has 1 atom stereocenters. The molecular weight excluding hydrogens is 312 g/mol. The summed E-state index contributed by atoms with van der Waals surface area (Å²) in [6.07, 6.45) is 6.35. The standard InChI is InChI=1S/C21H32N2O2/c1-21(10-6-18-4-2-3-5-19(18)21)11-12-22-16-17-7-13-23(14-8-17)15-9-20(24)25/h2-5,17,22H,6-16H2,1H3,(H,24,25). The van der Waals surface area contributed by atoms with Crippen LogP contribution in [0.5, 0.6) is 0 Å². The molecule has 2 N–H and O–H groups in total. The largest absolute Gasteiger partial charge is 0.481 e. The highest BCUT2D eigenvalue weighted by Crippen LogP contribution is 2.40. The summed E-state index contributed by atoms with van der Waals surface area (Å²) < 4.78 is 0. The van der Waals surface area contributed by atoms with Crippen molar-refractivity contribution in [2.75, 3.05) is 32.7 Å². The molecule has 1 heterocycles. The zero-order valence-electron chi connectivity index (χ0n) is 15.5. The molecular formula is C21H32N2O2. The maximum absolute atomic E-state index is 10.7. The van der Waals surface area contributed by atoms with Gasteiger partial charge in [0, 0.05) is 6.54 Å². The Balaban J connectivity index is 1.34. The fraction of sp³-hybridized carbons (Fsp3) is 0.667. The summed E-state index contributed by atoms with van der Waals surface area (Å²) in [5, 5.41) is 12.5. The van der Waals surface area contributed by atoms with E-state index < -0.39 is 5.97 Å². The minimum absolute atomic E-state index is 0.267. The lowest BCUT2D eigenvalue weighted by Crippen LogP contribution is -2.38. The van der Waals surface area contributed by atoms with Crippen LogP contribution in [-0.2, 0) is 16.6 Å². The summed E-state index contributed by atoms with van der Waals surface area (Å²) in [6.45, 7) is 7.40. The van der Waals surface area contributed by atoms with Crippen LogP contribution >= 0.6 is 0 Å². The van der Waals surface area contributed by atoms with E-state index in [0.717, 1.165) is 32.1 Å². The third-order valence-corrected chi connectivity index (χ3v) is 6.25. The summed E-state index contributed by atoms with van der Waals surface area (Å²) in [5.41, 5.74) is 3.44. The van der Waals surface area contributed by atoms with Crippen molar-refractivity contribution in [3.8, 4) is 0 Å². The number of fused-ring (bicyclic) bond motifs is 1. The van der Waals surface area contributed by atoms with Crippen molar-refractivity contribution in [1.82, 2.24) is 10.2 Å². The van der Waals surface area contributed by atoms with Gasteiger partial charge in [-0.1, -0.05) is 31.2 Å². The second-order valence-electron chi connectivity index (χ2n) is 8.10. The quantitative estimate of drug-likeness (QED) is 0.712. The molecule has 3 rings (SSSR count). The summed E-state index contributed by atoms with van der Waals surface area (Å²) in [7, 11) is 0. The topological polar surface area (TPSA) is 52.6 Å². The first kappa shape index (κ1) is 18.4. The van der Waals surface area contributed by atoms with Gasteiger partial charge in [-0.15, -0.1) is 0 Å². The predicted octanol–water partition coefficient (Wildman–Crippen LogP) is 3.06. The van der Waals surface area contributed by atoms with Gasteiger partial charge >= 0.3 is 5.97 Å². The van der Waals surface area contributed by atoms with Crippen molar-refractivity contribution in [3.63, 3.8) is 0 Å². The minimum atomic E-state index is -0.689. The molecule has 0 amide bonds. The zero-order chi connectivity index (χ0) is 17.7. The Morgan fingerprint density at radius 2 is 2.08 bits per heavy atom. The monoisotopic (exact) mass is 344 g/mol. The van der Waals surface area contributed by atoms with Gasteiger partial charge in [0.1, 0.15) is 0 Å². The second-order valence-corrected chi connectivity index (χ2v) is 8.10. The van der Waals surface area contributed by atoms with E-state index in [1.165, 1.54) is 32.1 Å². The molecule has 1 saturated heterocycles. The number of piperidine rings is 1. The molecule has 0 aromatic heterocycles. The van der Waals surface area contributed by atoms with E-state index in [4.69, 9.17) is 5.11 Å². The molecule has 1 unspecified atom stereocenters. The van der Waals surface area contributed by atoms with Gasteiger partial charge in [-0.05, 0) is 80.7 Å². The lowest BCUT2D eigenvalue weighted by molar-refractivity contribution is -0.137. The number of nitrogens with zero attached hydrogens (tertiary/aromatic N) is 1. The van der Waals surface area contributed by atoms with E-state index in [2.05, 4.69) is 41.4 Å². The van der Waals surface area contributed by atoms with Gasteiger partial charge in [0.15, 0.2) is 0 Å². The number of nitrogens with one attached hydrogen (secondary N) is 1. The Morgan fingerprint density at radius 3 is 2.84 bits per heavy atom. The molecule has 2 aliphatic rings. The molecule has 1 aliphatic carbocycles. The van der Waals surface area contributed by atoms with E-state index in [-0.39, 0.29) is 6.42 Å². The van der Waals surface area contributed by atoms with Crippen molar-refractivity contribution in [1.29, 1.82) is 0 Å². The van der Waals surface area contributed by atoms with E-state index in [1.54, 1.807) is 11.1 Å². The van der Waals surface area contributed by atoms with Crippen molar-refractivity contribution < 1.29 is 9.90 Å². The zero-order valence-corrected chi connectivity index (χ0v) is 15.5. The van der Waals surface area contributed by atoms with Crippen LogP contribution < -0.4 is 5.32 Å². The first-order valence-electron chi connectivity index (χ1n) is 9.80. The number of aliphatic carboxylic acids is 1. The maximum atomic E-state index is 10.7. The molecule has 4 nitrogen and oxygen atoms in total. The van der Waals surface area contributed by atoms with E-state index in [0.29, 0.717) is 12.0 Å². The normalized spacial score (nSPS) is 24.4. The Labute approximate surface area is 151 Å². The Morgan fingerprint density at radius 1 is 1.32 bits per heavy atom. The summed E-state index contributed by atoms with van der Waals surface area (Å²) in [5.74, 6) is 0.0514. The molecule has 1 fully saturated rings. The van der Waals surface area contributed by atoms with Gasteiger partial charge in [0.25, 0.3) is 0 Å². The number of benzene rings is 1. The number of carbonyl (C=O) groups is 1. The first-order chi connectivity index (χ1) is 12.1. The summed E-state index contributed by atoms with van der Waals surface area (Å²) in [4.78, 5) is 12.9. The molecule has 1 aromatic rings. The Kier molecular flexibility index (Phi) is 6.13. The minimum Gasteiger partial charge on any atom is -0.481 e. The number of hydrogen-bond acceptors (Lipinski definition) is 3. The number of carboxylic acids is 1. The lowest BCUT2D eigenvalue weighted by atomic mass is 9.81. The van der Waals surface area contributed by atoms with E-state index >= 15 is 0 Å². The van der Waals surface area contributed by atoms with Crippen molar-refractivity contribution in [2.24, 2.45) is 5.92 Å². The summed E-state index contributed by atoms with van der Waals surface area (Å²) in [6, 6.07) is 8.93. The highest BCUT2D eigenvalue weighted by molar-refractivity contribution is 5.66. The molecule has 138 valence electrons. The average molecular weight is 344 g/mol.